The van der Waals surface area contributed by atoms with E-state index in [9.17, 15) is 0 Å². The predicted octanol–water partition coefficient (Wildman–Crippen LogP) is 4.95. The van der Waals surface area contributed by atoms with Crippen LogP contribution in [0.5, 0.6) is 0 Å². The molecule has 0 amide bonds. The first kappa shape index (κ1) is 12.2. The Bertz CT molecular complexity index is 935. The first-order chi connectivity index (χ1) is 10.3. The van der Waals surface area contributed by atoms with Crippen LogP contribution in [-0.4, -0.2) is 10.2 Å². The third kappa shape index (κ3) is 2.00. The molecule has 1 heterocycles. The van der Waals surface area contributed by atoms with Crippen molar-refractivity contribution in [3.05, 3.63) is 66.2 Å². The topological polar surface area (TPSA) is 28.7 Å². The highest BCUT2D eigenvalue weighted by Crippen LogP contribution is 2.29. The Hall–Kier alpha value is -2.61. The Morgan fingerprint density at radius 2 is 1.76 bits per heavy atom. The van der Waals surface area contributed by atoms with Crippen molar-refractivity contribution in [1.82, 2.24) is 10.2 Å². The van der Waals surface area contributed by atoms with Crippen LogP contribution in [0.1, 0.15) is 12.5 Å². The Labute approximate surface area is 123 Å². The van der Waals surface area contributed by atoms with Gasteiger partial charge in [-0.2, -0.15) is 5.10 Å². The van der Waals surface area contributed by atoms with Crippen LogP contribution < -0.4 is 0 Å². The number of aromatic nitrogens is 2. The molecular weight excluding hydrogens is 256 g/mol. The van der Waals surface area contributed by atoms with Crippen molar-refractivity contribution < 1.29 is 0 Å². The van der Waals surface area contributed by atoms with Gasteiger partial charge in [0.2, 0.25) is 0 Å². The molecule has 0 bridgehead atoms. The van der Waals surface area contributed by atoms with E-state index in [4.69, 9.17) is 0 Å². The molecule has 1 N–H and O–H groups in total. The summed E-state index contributed by atoms with van der Waals surface area (Å²) in [5, 5.41) is 11.4. The van der Waals surface area contributed by atoms with E-state index >= 15 is 0 Å². The average molecular weight is 272 g/mol. The molecule has 3 aromatic carbocycles. The molecule has 4 aromatic rings. The van der Waals surface area contributed by atoms with Gasteiger partial charge in [0.1, 0.15) is 0 Å². The summed E-state index contributed by atoms with van der Waals surface area (Å²) in [6.45, 7) is 2.18. The highest BCUT2D eigenvalue weighted by molar-refractivity contribution is 5.96. The molecule has 0 spiro atoms. The van der Waals surface area contributed by atoms with E-state index in [1.165, 1.54) is 21.7 Å². The van der Waals surface area contributed by atoms with Crippen LogP contribution >= 0.6 is 0 Å². The summed E-state index contributed by atoms with van der Waals surface area (Å²) in [6, 6.07) is 21.5. The third-order valence-corrected chi connectivity index (χ3v) is 4.06. The first-order valence-corrected chi connectivity index (χ1v) is 7.31. The fraction of sp³-hybridized carbons (Fsp3) is 0.105. The lowest BCUT2D eigenvalue weighted by Crippen LogP contribution is -1.82. The van der Waals surface area contributed by atoms with Crippen molar-refractivity contribution in [2.45, 2.75) is 13.3 Å². The second-order valence-corrected chi connectivity index (χ2v) is 5.37. The van der Waals surface area contributed by atoms with Gasteiger partial charge < -0.3 is 0 Å². The van der Waals surface area contributed by atoms with Gasteiger partial charge in [-0.05, 0) is 41.0 Å². The van der Waals surface area contributed by atoms with Crippen LogP contribution in [0.15, 0.2) is 60.7 Å². The van der Waals surface area contributed by atoms with E-state index in [-0.39, 0.29) is 0 Å². The van der Waals surface area contributed by atoms with Crippen molar-refractivity contribution >= 4 is 21.7 Å². The number of nitrogens with one attached hydrogen (secondary N) is 1. The maximum Gasteiger partial charge on any atom is 0.0999 e. The minimum atomic E-state index is 1.03. The summed E-state index contributed by atoms with van der Waals surface area (Å²) >= 11 is 0. The molecule has 21 heavy (non-hydrogen) atoms. The molecule has 0 aliphatic carbocycles. The molecule has 0 atom stereocenters. The summed E-state index contributed by atoms with van der Waals surface area (Å²) in [6.07, 6.45) is 1.04. The second kappa shape index (κ2) is 4.74. The largest absolute Gasteiger partial charge is 0.277 e. The fourth-order valence-corrected chi connectivity index (χ4v) is 2.84. The van der Waals surface area contributed by atoms with Gasteiger partial charge in [0.25, 0.3) is 0 Å². The Morgan fingerprint density at radius 3 is 2.62 bits per heavy atom. The third-order valence-electron chi connectivity index (χ3n) is 4.06. The van der Waals surface area contributed by atoms with Crippen molar-refractivity contribution in [1.29, 1.82) is 0 Å². The number of aromatic amines is 1. The number of nitrogens with zero attached hydrogens (tertiary/aromatic N) is 1. The van der Waals surface area contributed by atoms with Gasteiger partial charge in [-0.25, -0.2) is 0 Å². The molecule has 0 radical (unpaired) electrons. The molecule has 0 aliphatic heterocycles. The number of rotatable bonds is 2. The monoisotopic (exact) mass is 272 g/mol. The van der Waals surface area contributed by atoms with Gasteiger partial charge in [-0.3, -0.25) is 5.10 Å². The molecule has 0 fully saturated rings. The van der Waals surface area contributed by atoms with Crippen molar-refractivity contribution in [2.24, 2.45) is 0 Å². The van der Waals surface area contributed by atoms with Crippen LogP contribution in [0.2, 0.25) is 0 Å². The van der Waals surface area contributed by atoms with Gasteiger partial charge in [0.15, 0.2) is 0 Å². The minimum absolute atomic E-state index is 1.03. The van der Waals surface area contributed by atoms with E-state index in [0.29, 0.717) is 0 Å². The van der Waals surface area contributed by atoms with Crippen LogP contribution in [0, 0.1) is 0 Å². The number of benzene rings is 3. The molecule has 0 saturated carbocycles. The number of aryl methyl sites for hydroxylation is 1. The Morgan fingerprint density at radius 1 is 0.905 bits per heavy atom. The van der Waals surface area contributed by atoms with Gasteiger partial charge in [0.05, 0.1) is 11.2 Å². The lowest BCUT2D eigenvalue weighted by Gasteiger charge is -2.03. The van der Waals surface area contributed by atoms with E-state index < -0.39 is 0 Å². The number of hydrogen-bond acceptors (Lipinski definition) is 1. The minimum Gasteiger partial charge on any atom is -0.277 e. The van der Waals surface area contributed by atoms with E-state index in [2.05, 4.69) is 77.8 Å². The van der Waals surface area contributed by atoms with Crippen LogP contribution in [0.3, 0.4) is 0 Å². The smallest absolute Gasteiger partial charge is 0.0999 e. The Kier molecular flexibility index (Phi) is 2.74. The molecule has 2 heteroatoms. The zero-order valence-corrected chi connectivity index (χ0v) is 11.9. The van der Waals surface area contributed by atoms with Gasteiger partial charge in [0, 0.05) is 10.9 Å². The highest BCUT2D eigenvalue weighted by Gasteiger charge is 2.09. The molecule has 4 rings (SSSR count). The molecule has 1 aromatic heterocycles. The van der Waals surface area contributed by atoms with Gasteiger partial charge in [-0.15, -0.1) is 0 Å². The summed E-state index contributed by atoms with van der Waals surface area (Å²) in [5.74, 6) is 0. The summed E-state index contributed by atoms with van der Waals surface area (Å²) in [4.78, 5) is 0. The number of fused-ring (bicyclic) bond motifs is 2. The summed E-state index contributed by atoms with van der Waals surface area (Å²) in [5.41, 5.74) is 4.63. The quantitative estimate of drug-likeness (QED) is 0.549. The number of hydrogen-bond donors (Lipinski definition) is 1. The zero-order valence-electron chi connectivity index (χ0n) is 11.9. The average Bonchev–Trinajstić information content (AvgIpc) is 2.97. The van der Waals surface area contributed by atoms with Gasteiger partial charge in [-0.1, -0.05) is 49.4 Å². The lowest BCUT2D eigenvalue weighted by molar-refractivity contribution is 1.12. The van der Waals surface area contributed by atoms with Crippen LogP contribution in [0.4, 0.5) is 0 Å². The molecule has 0 unspecified atom stereocenters. The van der Waals surface area contributed by atoms with E-state index in [1.807, 2.05) is 0 Å². The van der Waals surface area contributed by atoms with Crippen LogP contribution in [-0.2, 0) is 6.42 Å². The van der Waals surface area contributed by atoms with E-state index in [0.717, 1.165) is 23.2 Å². The Balaban J connectivity index is 1.94. The molecular formula is C19H16N2. The first-order valence-electron chi connectivity index (χ1n) is 7.31. The normalized spacial score (nSPS) is 11.3. The fourth-order valence-electron chi connectivity index (χ4n) is 2.84. The van der Waals surface area contributed by atoms with Crippen molar-refractivity contribution in [3.8, 4) is 11.3 Å². The second-order valence-electron chi connectivity index (χ2n) is 5.37. The molecule has 2 nitrogen and oxygen atoms in total. The maximum atomic E-state index is 4.52. The number of H-pyrrole nitrogens is 1. The standard InChI is InChI=1S/C19H16N2/c1-2-13-7-10-18-17(11-13)19(21-20-18)16-9-8-14-5-3-4-6-15(14)12-16/h3-12H,2H2,1H3,(H,20,21). The molecule has 102 valence electrons. The SMILES string of the molecule is CCc1ccc2[nH]nc(-c3ccc4ccccc4c3)c2c1. The molecule has 0 saturated heterocycles. The summed E-state index contributed by atoms with van der Waals surface area (Å²) in [7, 11) is 0. The van der Waals surface area contributed by atoms with Crippen LogP contribution in [0.25, 0.3) is 32.9 Å². The zero-order chi connectivity index (χ0) is 14.2. The van der Waals surface area contributed by atoms with Crippen molar-refractivity contribution in [3.63, 3.8) is 0 Å². The van der Waals surface area contributed by atoms with E-state index in [1.54, 1.807) is 0 Å². The maximum absolute atomic E-state index is 4.52. The summed E-state index contributed by atoms with van der Waals surface area (Å²) < 4.78 is 0. The van der Waals surface area contributed by atoms with Crippen molar-refractivity contribution in [2.75, 3.05) is 0 Å². The lowest BCUT2D eigenvalue weighted by atomic mass is 10.0. The highest BCUT2D eigenvalue weighted by atomic mass is 15.1. The van der Waals surface area contributed by atoms with Gasteiger partial charge >= 0.3 is 0 Å². The predicted molar refractivity (Wildman–Crippen MR) is 88.4 cm³/mol. The molecule has 0 aliphatic rings.